The van der Waals surface area contributed by atoms with Crippen LogP contribution in [0.3, 0.4) is 0 Å². The standard InChI is InChI=1S/C21H27ClN2O2.C17H21NO4.C17H23NO3/c22-20-8-6-19(7-9-20)21(18-4-2-1-3-5-18)24-12-10-23(11-13-24)14-16-26-17-15-25;1-18-13-7-11(8-14(18)16-15(13)22-16)21-17(20)12(9-19)10-5-3-2-4-6-10;1-18-13-7-8-14(18)10-15(9-13)21-17(20)16(11-19)12-5-3-2-4-6-12/h1-9,21,25H,10-17H2;2-6,11-16,19H,7-9H2,1H3;2-6,13-16,19H,7-11H2,1H3/t;11?,12-,13?,14?,15-,16-;13-,14+,15?,16-/m.11/s1. The summed E-state index contributed by atoms with van der Waals surface area (Å²) in [6, 6.07) is 39.7. The highest BCUT2D eigenvalue weighted by molar-refractivity contribution is 6.30. The second-order valence-electron chi connectivity index (χ2n) is 19.3. The maximum Gasteiger partial charge on any atom is 0.316 e. The summed E-state index contributed by atoms with van der Waals surface area (Å²) in [7, 11) is 4.30. The molecule has 0 amide bonds. The molecule has 6 heterocycles. The molecule has 10 rings (SSSR count). The molecule has 0 aromatic heterocycles. The zero-order valence-corrected chi connectivity index (χ0v) is 40.8. The molecular formula is C55H71ClN4O9. The van der Waals surface area contributed by atoms with Crippen molar-refractivity contribution in [2.24, 2.45) is 0 Å². The number of rotatable bonds is 16. The van der Waals surface area contributed by atoms with E-state index >= 15 is 0 Å². The van der Waals surface area contributed by atoms with Crippen molar-refractivity contribution < 1.29 is 43.9 Å². The largest absolute Gasteiger partial charge is 0.462 e. The molecule has 4 aromatic rings. The van der Waals surface area contributed by atoms with E-state index in [9.17, 15) is 19.8 Å². The normalized spacial score (nSPS) is 27.6. The lowest BCUT2D eigenvalue weighted by Gasteiger charge is -2.39. The summed E-state index contributed by atoms with van der Waals surface area (Å²) in [5, 5.41) is 28.6. The summed E-state index contributed by atoms with van der Waals surface area (Å²) in [6.45, 7) is 5.77. The Bertz CT molecular complexity index is 2160. The predicted molar refractivity (Wildman–Crippen MR) is 265 cm³/mol. The van der Waals surface area contributed by atoms with Crippen molar-refractivity contribution in [1.29, 1.82) is 0 Å². The van der Waals surface area contributed by atoms with Crippen LogP contribution in [0.25, 0.3) is 0 Å². The molecule has 0 aliphatic carbocycles. The number of esters is 2. The second kappa shape index (κ2) is 24.7. The third-order valence-electron chi connectivity index (χ3n) is 15.2. The van der Waals surface area contributed by atoms with Crippen LogP contribution < -0.4 is 0 Å². The zero-order chi connectivity index (χ0) is 48.3. The van der Waals surface area contributed by atoms with E-state index in [0.29, 0.717) is 49.6 Å². The number of benzene rings is 4. The minimum Gasteiger partial charge on any atom is -0.462 e. The van der Waals surface area contributed by atoms with Crippen LogP contribution in [0.5, 0.6) is 0 Å². The Morgan fingerprint density at radius 3 is 1.55 bits per heavy atom. The maximum absolute atomic E-state index is 12.4. The molecule has 0 radical (unpaired) electrons. The average molecular weight is 968 g/mol. The minimum absolute atomic E-state index is 0.00367. The second-order valence-corrected chi connectivity index (χ2v) is 19.8. The first-order valence-electron chi connectivity index (χ1n) is 24.9. The van der Waals surface area contributed by atoms with Gasteiger partial charge in [0.1, 0.15) is 36.3 Å². The van der Waals surface area contributed by atoms with E-state index in [1.165, 1.54) is 24.0 Å². The van der Waals surface area contributed by atoms with Crippen LogP contribution in [0.1, 0.15) is 78.7 Å². The average Bonchev–Trinajstić information content (AvgIpc) is 4.11. The smallest absolute Gasteiger partial charge is 0.316 e. The fraction of sp³-hybridized carbons (Fsp3) is 0.527. The van der Waals surface area contributed by atoms with E-state index in [-0.39, 0.29) is 50.0 Å². The Morgan fingerprint density at radius 2 is 1.07 bits per heavy atom. The lowest BCUT2D eigenvalue weighted by molar-refractivity contribution is -0.157. The molecule has 13 nitrogen and oxygen atoms in total. The number of aliphatic hydroxyl groups is 3. The summed E-state index contributed by atoms with van der Waals surface area (Å²) < 4.78 is 22.5. The molecule has 6 fully saturated rings. The molecular weight excluding hydrogens is 896 g/mol. The molecule has 6 aliphatic rings. The number of morpholine rings is 1. The van der Waals surface area contributed by atoms with Gasteiger partial charge in [0.05, 0.1) is 39.1 Å². The highest BCUT2D eigenvalue weighted by Gasteiger charge is 2.63. The molecule has 10 atom stereocenters. The number of piperazine rings is 1. The number of halogens is 1. The zero-order valence-electron chi connectivity index (χ0n) is 40.1. The Labute approximate surface area is 412 Å². The van der Waals surface area contributed by atoms with E-state index in [4.69, 9.17) is 35.7 Å². The molecule has 69 heavy (non-hydrogen) atoms. The van der Waals surface area contributed by atoms with Gasteiger partial charge >= 0.3 is 11.9 Å². The summed E-state index contributed by atoms with van der Waals surface area (Å²) in [4.78, 5) is 34.5. The number of nitrogens with zero attached hydrogens (tertiary/aromatic N) is 4. The van der Waals surface area contributed by atoms with Crippen LogP contribution in [0.15, 0.2) is 115 Å². The highest BCUT2D eigenvalue weighted by Crippen LogP contribution is 2.48. The van der Waals surface area contributed by atoms with Crippen molar-refractivity contribution >= 4 is 23.5 Å². The highest BCUT2D eigenvalue weighted by atomic mass is 35.5. The van der Waals surface area contributed by atoms with E-state index < -0.39 is 11.8 Å². The molecule has 0 saturated carbocycles. The Kier molecular flexibility index (Phi) is 18.3. The van der Waals surface area contributed by atoms with Gasteiger partial charge in [-0.3, -0.25) is 24.3 Å². The van der Waals surface area contributed by atoms with Crippen LogP contribution in [-0.4, -0.2) is 175 Å². The minimum atomic E-state index is -0.593. The molecule has 6 aliphatic heterocycles. The third-order valence-corrected chi connectivity index (χ3v) is 15.4. The number of likely N-dealkylation sites (N-methyl/N-ethyl adjacent to an activating group) is 1. The number of hydrogen-bond donors (Lipinski definition) is 3. The number of aliphatic hydroxyl groups excluding tert-OH is 3. The number of carbonyl (C=O) groups excluding carboxylic acids is 2. The number of carbonyl (C=O) groups is 2. The van der Waals surface area contributed by atoms with Crippen LogP contribution in [0.2, 0.25) is 5.02 Å². The first-order chi connectivity index (χ1) is 33.6. The van der Waals surface area contributed by atoms with Crippen molar-refractivity contribution in [1.82, 2.24) is 19.6 Å². The van der Waals surface area contributed by atoms with Gasteiger partial charge in [-0.15, -0.1) is 0 Å². The van der Waals surface area contributed by atoms with Gasteiger partial charge in [-0.1, -0.05) is 115 Å². The molecule has 372 valence electrons. The van der Waals surface area contributed by atoms with Gasteiger partial charge in [0.2, 0.25) is 0 Å². The quantitative estimate of drug-likeness (QED) is 0.0696. The third kappa shape index (κ3) is 13.0. The van der Waals surface area contributed by atoms with Crippen LogP contribution in [0, 0.1) is 0 Å². The molecule has 4 bridgehead atoms. The number of hydrogen-bond acceptors (Lipinski definition) is 13. The van der Waals surface area contributed by atoms with Crippen molar-refractivity contribution in [3.8, 4) is 0 Å². The number of epoxide rings is 1. The van der Waals surface area contributed by atoms with E-state index in [0.717, 1.165) is 74.6 Å². The fourth-order valence-corrected chi connectivity index (χ4v) is 11.4. The van der Waals surface area contributed by atoms with Crippen molar-refractivity contribution in [2.45, 2.75) is 105 Å². The topological polar surface area (TPSA) is 148 Å². The van der Waals surface area contributed by atoms with Gasteiger partial charge in [0, 0.05) is 74.8 Å². The fourth-order valence-electron chi connectivity index (χ4n) is 11.2. The maximum atomic E-state index is 12.4. The van der Waals surface area contributed by atoms with Crippen molar-refractivity contribution in [2.75, 3.05) is 79.9 Å². The first-order valence-corrected chi connectivity index (χ1v) is 25.3. The van der Waals surface area contributed by atoms with Gasteiger partial charge in [-0.25, -0.2) is 0 Å². The molecule has 4 aromatic carbocycles. The Balaban J connectivity index is 0.000000140. The SMILES string of the molecule is CN1C2CC(OC(=O)[C@H](CO)c3ccccc3)CC1[C@H]1O[C@H]21.CN1[C@@H]2CC[C@H]1CC(OC(=O)[C@H](CO)c1ccccc1)C2.OCCOCCN1CCN(C(c2ccccc2)c2ccc(Cl)cc2)CC1. The molecule has 4 unspecified atom stereocenters. The van der Waals surface area contributed by atoms with Crippen LogP contribution in [0.4, 0.5) is 0 Å². The lowest BCUT2D eigenvalue weighted by atomic mass is 9.96. The number of piperidine rings is 2. The summed E-state index contributed by atoms with van der Waals surface area (Å²) in [5.41, 5.74) is 4.22. The van der Waals surface area contributed by atoms with Crippen molar-refractivity contribution in [3.63, 3.8) is 0 Å². The summed E-state index contributed by atoms with van der Waals surface area (Å²) in [5.74, 6) is -1.78. The van der Waals surface area contributed by atoms with E-state index in [2.05, 4.69) is 76.2 Å². The van der Waals surface area contributed by atoms with Gasteiger partial charge in [0.15, 0.2) is 0 Å². The number of fused-ring (bicyclic) bond motifs is 7. The molecule has 0 spiro atoms. The Hall–Kier alpha value is -4.25. The lowest BCUT2D eigenvalue weighted by Crippen LogP contribution is -2.48. The first kappa shape index (κ1) is 51.1. The molecule has 14 heteroatoms. The van der Waals surface area contributed by atoms with Gasteiger partial charge in [-0.05, 0) is 74.2 Å². The number of ether oxygens (including phenoxy) is 4. The Morgan fingerprint density at radius 1 is 0.609 bits per heavy atom. The van der Waals surface area contributed by atoms with Gasteiger partial charge in [-0.2, -0.15) is 0 Å². The van der Waals surface area contributed by atoms with E-state index in [1.807, 2.05) is 72.8 Å². The summed E-state index contributed by atoms with van der Waals surface area (Å²) in [6.07, 6.45) is 6.52. The van der Waals surface area contributed by atoms with Gasteiger partial charge < -0.3 is 39.2 Å². The van der Waals surface area contributed by atoms with Gasteiger partial charge in [0.25, 0.3) is 0 Å². The monoisotopic (exact) mass is 966 g/mol. The van der Waals surface area contributed by atoms with Crippen LogP contribution >= 0.6 is 11.6 Å². The summed E-state index contributed by atoms with van der Waals surface area (Å²) >= 11 is 6.09. The van der Waals surface area contributed by atoms with Crippen LogP contribution in [-0.2, 0) is 28.5 Å². The molecule has 3 N–H and O–H groups in total. The van der Waals surface area contributed by atoms with E-state index in [1.54, 1.807) is 0 Å². The van der Waals surface area contributed by atoms with Crippen molar-refractivity contribution in [3.05, 3.63) is 143 Å². The molecule has 6 saturated heterocycles. The predicted octanol–water partition coefficient (Wildman–Crippen LogP) is 5.90.